The van der Waals surface area contributed by atoms with Gasteiger partial charge in [0, 0.05) is 32.7 Å². The van der Waals surface area contributed by atoms with Gasteiger partial charge in [0.2, 0.25) is 0 Å². The summed E-state index contributed by atoms with van der Waals surface area (Å²) < 4.78 is 5.83. The number of fused-ring (bicyclic) bond motifs is 2. The summed E-state index contributed by atoms with van der Waals surface area (Å²) >= 11 is 0. The molecule has 76 valence electrons. The van der Waals surface area contributed by atoms with Gasteiger partial charge in [-0.25, -0.2) is 0 Å². The Balaban J connectivity index is 1.86. The van der Waals surface area contributed by atoms with E-state index in [4.69, 9.17) is 4.74 Å². The lowest BCUT2D eigenvalue weighted by Crippen LogP contribution is -2.58. The van der Waals surface area contributed by atoms with Crippen LogP contribution in [0.5, 0.6) is 0 Å². The highest BCUT2D eigenvalue weighted by Gasteiger charge is 2.30. The quantitative estimate of drug-likeness (QED) is 0.668. The van der Waals surface area contributed by atoms with Crippen LogP contribution in [-0.2, 0) is 4.74 Å². The SMILES string of the molecule is CC(C)CN1CC2CNCC(C1)O2. The average Bonchev–Trinajstić information content (AvgIpc) is 2.01. The molecule has 0 aromatic carbocycles. The third kappa shape index (κ3) is 2.42. The zero-order valence-electron chi connectivity index (χ0n) is 8.62. The van der Waals surface area contributed by atoms with Crippen LogP contribution >= 0.6 is 0 Å². The van der Waals surface area contributed by atoms with Crippen LogP contribution in [0.2, 0.25) is 0 Å². The molecule has 0 aliphatic carbocycles. The van der Waals surface area contributed by atoms with Crippen molar-refractivity contribution in [2.45, 2.75) is 26.1 Å². The van der Waals surface area contributed by atoms with Gasteiger partial charge in [0.15, 0.2) is 0 Å². The molecule has 0 spiro atoms. The van der Waals surface area contributed by atoms with Crippen molar-refractivity contribution in [3.63, 3.8) is 0 Å². The molecule has 2 aliphatic rings. The molecular weight excluding hydrogens is 164 g/mol. The summed E-state index contributed by atoms with van der Waals surface area (Å²) in [7, 11) is 0. The second-order valence-electron chi connectivity index (χ2n) is 4.65. The standard InChI is InChI=1S/C10H20N2O/c1-8(2)5-12-6-9-3-11-4-10(7-12)13-9/h8-11H,3-7H2,1-2H3. The Labute approximate surface area is 80.4 Å². The van der Waals surface area contributed by atoms with E-state index in [9.17, 15) is 0 Å². The topological polar surface area (TPSA) is 24.5 Å². The van der Waals surface area contributed by atoms with E-state index in [1.807, 2.05) is 0 Å². The fraction of sp³-hybridized carbons (Fsp3) is 1.00. The van der Waals surface area contributed by atoms with Crippen LogP contribution in [0.4, 0.5) is 0 Å². The summed E-state index contributed by atoms with van der Waals surface area (Å²) in [6.07, 6.45) is 0.873. The minimum Gasteiger partial charge on any atom is -0.370 e. The number of hydrogen-bond acceptors (Lipinski definition) is 3. The normalized spacial score (nSPS) is 35.3. The predicted octanol–water partition coefficient (Wildman–Crippen LogP) is 0.315. The summed E-state index contributed by atoms with van der Waals surface area (Å²) in [6.45, 7) is 10.1. The number of rotatable bonds is 2. The molecule has 2 atom stereocenters. The zero-order valence-corrected chi connectivity index (χ0v) is 8.62. The van der Waals surface area contributed by atoms with Crippen molar-refractivity contribution in [1.29, 1.82) is 0 Å². The highest BCUT2D eigenvalue weighted by Crippen LogP contribution is 2.15. The molecular formula is C10H20N2O. The molecule has 13 heavy (non-hydrogen) atoms. The second kappa shape index (κ2) is 3.95. The third-order valence-corrected chi connectivity index (χ3v) is 2.68. The Hall–Kier alpha value is -0.120. The van der Waals surface area contributed by atoms with E-state index in [-0.39, 0.29) is 0 Å². The van der Waals surface area contributed by atoms with E-state index in [1.165, 1.54) is 6.54 Å². The van der Waals surface area contributed by atoms with Crippen molar-refractivity contribution in [1.82, 2.24) is 10.2 Å². The maximum absolute atomic E-state index is 5.83. The summed E-state index contributed by atoms with van der Waals surface area (Å²) in [5.74, 6) is 0.770. The minimum absolute atomic E-state index is 0.436. The van der Waals surface area contributed by atoms with E-state index in [1.54, 1.807) is 0 Å². The summed E-state index contributed by atoms with van der Waals surface area (Å²) in [5.41, 5.74) is 0. The summed E-state index contributed by atoms with van der Waals surface area (Å²) in [6, 6.07) is 0. The van der Waals surface area contributed by atoms with E-state index in [0.29, 0.717) is 12.2 Å². The van der Waals surface area contributed by atoms with Crippen molar-refractivity contribution in [3.05, 3.63) is 0 Å². The first-order chi connectivity index (χ1) is 6.24. The van der Waals surface area contributed by atoms with Gasteiger partial charge in [0.1, 0.15) is 0 Å². The van der Waals surface area contributed by atoms with Gasteiger partial charge in [-0.05, 0) is 5.92 Å². The monoisotopic (exact) mass is 184 g/mol. The van der Waals surface area contributed by atoms with Crippen LogP contribution in [0.1, 0.15) is 13.8 Å². The van der Waals surface area contributed by atoms with Crippen LogP contribution in [0.25, 0.3) is 0 Å². The molecule has 0 amide bonds. The van der Waals surface area contributed by atoms with Crippen LogP contribution in [0.15, 0.2) is 0 Å². The zero-order chi connectivity index (χ0) is 9.26. The first kappa shape index (κ1) is 9.44. The molecule has 2 aliphatic heterocycles. The van der Waals surface area contributed by atoms with Crippen molar-refractivity contribution in [2.75, 3.05) is 32.7 Å². The Morgan fingerprint density at radius 1 is 1.31 bits per heavy atom. The molecule has 3 nitrogen and oxygen atoms in total. The molecule has 3 heteroatoms. The van der Waals surface area contributed by atoms with E-state index >= 15 is 0 Å². The Bertz CT molecular complexity index is 160. The molecule has 2 rings (SSSR count). The highest BCUT2D eigenvalue weighted by atomic mass is 16.5. The average molecular weight is 184 g/mol. The van der Waals surface area contributed by atoms with Gasteiger partial charge in [-0.3, -0.25) is 4.90 Å². The van der Waals surface area contributed by atoms with Gasteiger partial charge in [0.25, 0.3) is 0 Å². The molecule has 1 N–H and O–H groups in total. The number of ether oxygens (including phenoxy) is 1. The lowest BCUT2D eigenvalue weighted by atomic mass is 10.1. The first-order valence-corrected chi connectivity index (χ1v) is 5.32. The van der Waals surface area contributed by atoms with Crippen LogP contribution in [0, 0.1) is 5.92 Å². The van der Waals surface area contributed by atoms with E-state index < -0.39 is 0 Å². The molecule has 0 radical (unpaired) electrons. The number of nitrogens with zero attached hydrogens (tertiary/aromatic N) is 1. The minimum atomic E-state index is 0.436. The van der Waals surface area contributed by atoms with Crippen LogP contribution in [0.3, 0.4) is 0 Å². The van der Waals surface area contributed by atoms with Crippen LogP contribution < -0.4 is 5.32 Å². The largest absolute Gasteiger partial charge is 0.370 e. The van der Waals surface area contributed by atoms with Gasteiger partial charge in [-0.15, -0.1) is 0 Å². The molecule has 2 fully saturated rings. The van der Waals surface area contributed by atoms with Gasteiger partial charge >= 0.3 is 0 Å². The Morgan fingerprint density at radius 2 is 1.92 bits per heavy atom. The van der Waals surface area contributed by atoms with Crippen molar-refractivity contribution in [2.24, 2.45) is 5.92 Å². The molecule has 2 saturated heterocycles. The maximum atomic E-state index is 5.83. The molecule has 0 aromatic rings. The number of hydrogen-bond donors (Lipinski definition) is 1. The maximum Gasteiger partial charge on any atom is 0.0831 e. The molecule has 2 unspecified atom stereocenters. The van der Waals surface area contributed by atoms with Gasteiger partial charge < -0.3 is 10.1 Å². The van der Waals surface area contributed by atoms with Crippen LogP contribution in [-0.4, -0.2) is 49.8 Å². The van der Waals surface area contributed by atoms with Gasteiger partial charge in [-0.1, -0.05) is 13.8 Å². The smallest absolute Gasteiger partial charge is 0.0831 e. The molecule has 0 saturated carbocycles. The Morgan fingerprint density at radius 3 is 2.46 bits per heavy atom. The Kier molecular flexibility index (Phi) is 2.86. The lowest BCUT2D eigenvalue weighted by molar-refractivity contribution is -0.104. The molecule has 2 bridgehead atoms. The molecule has 2 heterocycles. The highest BCUT2D eigenvalue weighted by molar-refractivity contribution is 4.84. The van der Waals surface area contributed by atoms with Gasteiger partial charge in [0.05, 0.1) is 12.2 Å². The predicted molar refractivity (Wildman–Crippen MR) is 52.8 cm³/mol. The van der Waals surface area contributed by atoms with Crippen molar-refractivity contribution >= 4 is 0 Å². The number of morpholine rings is 2. The molecule has 0 aromatic heterocycles. The fourth-order valence-electron chi connectivity index (χ4n) is 2.30. The second-order valence-corrected chi connectivity index (χ2v) is 4.65. The van der Waals surface area contributed by atoms with Crippen molar-refractivity contribution in [3.8, 4) is 0 Å². The summed E-state index contributed by atoms with van der Waals surface area (Å²) in [5, 5.41) is 3.41. The van der Waals surface area contributed by atoms with Gasteiger partial charge in [-0.2, -0.15) is 0 Å². The first-order valence-electron chi connectivity index (χ1n) is 5.32. The third-order valence-electron chi connectivity index (χ3n) is 2.68. The number of nitrogens with one attached hydrogen (secondary N) is 1. The van der Waals surface area contributed by atoms with E-state index in [2.05, 4.69) is 24.1 Å². The lowest BCUT2D eigenvalue weighted by Gasteiger charge is -2.42. The fourth-order valence-corrected chi connectivity index (χ4v) is 2.30. The van der Waals surface area contributed by atoms with Crippen molar-refractivity contribution < 1.29 is 4.74 Å². The van der Waals surface area contributed by atoms with E-state index in [0.717, 1.165) is 32.1 Å². The summed E-state index contributed by atoms with van der Waals surface area (Å²) in [4.78, 5) is 2.55.